The van der Waals surface area contributed by atoms with E-state index in [0.717, 1.165) is 5.56 Å². The van der Waals surface area contributed by atoms with Crippen molar-refractivity contribution in [2.75, 3.05) is 20.2 Å². The van der Waals surface area contributed by atoms with Crippen molar-refractivity contribution in [3.8, 4) is 0 Å². The van der Waals surface area contributed by atoms with Crippen LogP contribution in [0.3, 0.4) is 0 Å². The van der Waals surface area contributed by atoms with Crippen LogP contribution in [0.25, 0.3) is 0 Å². The molecule has 2 aromatic rings. The fourth-order valence-electron chi connectivity index (χ4n) is 2.35. The molecule has 1 aromatic heterocycles. The van der Waals surface area contributed by atoms with Crippen molar-refractivity contribution in [3.05, 3.63) is 59.8 Å². The van der Waals surface area contributed by atoms with E-state index in [-0.39, 0.29) is 30.0 Å². The molecule has 0 saturated heterocycles. The number of amides is 1. The predicted molar refractivity (Wildman–Crippen MR) is 85.9 cm³/mol. The number of esters is 1. The van der Waals surface area contributed by atoms with Gasteiger partial charge in [0, 0.05) is 13.1 Å². The van der Waals surface area contributed by atoms with Crippen molar-refractivity contribution in [1.29, 1.82) is 0 Å². The first-order chi connectivity index (χ1) is 11.5. The third-order valence-corrected chi connectivity index (χ3v) is 3.70. The van der Waals surface area contributed by atoms with Crippen LogP contribution in [0.5, 0.6) is 0 Å². The zero-order valence-electron chi connectivity index (χ0n) is 13.7. The number of hydrogen-bond donors (Lipinski definition) is 0. The van der Waals surface area contributed by atoms with Gasteiger partial charge in [-0.3, -0.25) is 9.59 Å². The van der Waals surface area contributed by atoms with E-state index in [1.165, 1.54) is 25.5 Å². The van der Waals surface area contributed by atoms with Gasteiger partial charge in [0.15, 0.2) is 5.76 Å². The molecule has 0 bridgehead atoms. The summed E-state index contributed by atoms with van der Waals surface area (Å²) in [7, 11) is 1.32. The van der Waals surface area contributed by atoms with Crippen molar-refractivity contribution in [2.45, 2.75) is 13.3 Å². The van der Waals surface area contributed by atoms with E-state index >= 15 is 0 Å². The number of furan rings is 1. The molecule has 1 unspecified atom stereocenters. The van der Waals surface area contributed by atoms with Gasteiger partial charge in [-0.25, -0.2) is 4.39 Å². The number of ether oxygens (including phenoxy) is 1. The van der Waals surface area contributed by atoms with Gasteiger partial charge in [-0.1, -0.05) is 19.1 Å². The fraction of sp³-hybridized carbons (Fsp3) is 0.333. The Morgan fingerprint density at radius 1 is 1.25 bits per heavy atom. The van der Waals surface area contributed by atoms with Crippen LogP contribution in [0.1, 0.15) is 23.0 Å². The summed E-state index contributed by atoms with van der Waals surface area (Å²) in [5.74, 6) is -1.22. The van der Waals surface area contributed by atoms with Gasteiger partial charge in [0.05, 0.1) is 19.3 Å². The molecule has 0 N–H and O–H groups in total. The van der Waals surface area contributed by atoms with Gasteiger partial charge in [0.1, 0.15) is 5.82 Å². The Hall–Kier alpha value is -2.63. The average Bonchev–Trinajstić information content (AvgIpc) is 3.13. The number of carbonyl (C=O) groups is 2. The first-order valence-electron chi connectivity index (χ1n) is 7.66. The second-order valence-corrected chi connectivity index (χ2v) is 5.53. The van der Waals surface area contributed by atoms with E-state index in [2.05, 4.69) is 0 Å². The highest BCUT2D eigenvalue weighted by Crippen LogP contribution is 2.12. The molecule has 2 rings (SSSR count). The Morgan fingerprint density at radius 3 is 2.54 bits per heavy atom. The third-order valence-electron chi connectivity index (χ3n) is 3.70. The SMILES string of the molecule is COC(=O)C(C)CN(CCc1ccc(F)cc1)C(=O)c1ccco1. The largest absolute Gasteiger partial charge is 0.469 e. The van der Waals surface area contributed by atoms with Crippen molar-refractivity contribution in [1.82, 2.24) is 4.90 Å². The molecule has 0 spiro atoms. The molecule has 0 aliphatic heterocycles. The lowest BCUT2D eigenvalue weighted by atomic mass is 10.1. The van der Waals surface area contributed by atoms with Crippen molar-refractivity contribution in [3.63, 3.8) is 0 Å². The van der Waals surface area contributed by atoms with E-state index in [9.17, 15) is 14.0 Å². The van der Waals surface area contributed by atoms with Gasteiger partial charge >= 0.3 is 5.97 Å². The molecule has 0 aliphatic rings. The second-order valence-electron chi connectivity index (χ2n) is 5.53. The number of hydrogen-bond acceptors (Lipinski definition) is 4. The molecule has 24 heavy (non-hydrogen) atoms. The topological polar surface area (TPSA) is 59.8 Å². The summed E-state index contributed by atoms with van der Waals surface area (Å²) in [4.78, 5) is 25.7. The molecule has 1 aromatic carbocycles. The highest BCUT2D eigenvalue weighted by molar-refractivity contribution is 5.91. The molecular weight excluding hydrogens is 313 g/mol. The van der Waals surface area contributed by atoms with Gasteiger partial charge in [-0.05, 0) is 36.2 Å². The Kier molecular flexibility index (Phi) is 6.12. The summed E-state index contributed by atoms with van der Waals surface area (Å²) >= 11 is 0. The number of nitrogens with zero attached hydrogens (tertiary/aromatic N) is 1. The van der Waals surface area contributed by atoms with Crippen LogP contribution in [0.4, 0.5) is 4.39 Å². The predicted octanol–water partition coefficient (Wildman–Crippen LogP) is 2.91. The number of halogens is 1. The van der Waals surface area contributed by atoms with Crippen LogP contribution in [-0.4, -0.2) is 37.0 Å². The summed E-state index contributed by atoms with van der Waals surface area (Å²) in [5.41, 5.74) is 0.902. The van der Waals surface area contributed by atoms with Crippen LogP contribution < -0.4 is 0 Å². The summed E-state index contributed by atoms with van der Waals surface area (Å²) in [6.07, 6.45) is 1.97. The quantitative estimate of drug-likeness (QED) is 0.731. The molecule has 1 heterocycles. The first kappa shape index (κ1) is 17.7. The maximum Gasteiger partial charge on any atom is 0.310 e. The molecule has 0 saturated carbocycles. The minimum Gasteiger partial charge on any atom is -0.469 e. The maximum atomic E-state index is 13.0. The van der Waals surface area contributed by atoms with Crippen molar-refractivity contribution in [2.24, 2.45) is 5.92 Å². The molecule has 0 fully saturated rings. The second kappa shape index (κ2) is 8.29. The molecule has 1 amide bonds. The molecular formula is C18H20FNO4. The molecule has 128 valence electrons. The van der Waals surface area contributed by atoms with Crippen LogP contribution in [0, 0.1) is 11.7 Å². The first-order valence-corrected chi connectivity index (χ1v) is 7.66. The van der Waals surface area contributed by atoms with Crippen LogP contribution in [0.2, 0.25) is 0 Å². The van der Waals surface area contributed by atoms with Crippen molar-refractivity contribution >= 4 is 11.9 Å². The molecule has 0 radical (unpaired) electrons. The monoisotopic (exact) mass is 333 g/mol. The highest BCUT2D eigenvalue weighted by atomic mass is 19.1. The number of rotatable bonds is 7. The fourth-order valence-corrected chi connectivity index (χ4v) is 2.35. The van der Waals surface area contributed by atoms with Gasteiger partial charge in [0.2, 0.25) is 0 Å². The Bertz CT molecular complexity index is 667. The highest BCUT2D eigenvalue weighted by Gasteiger charge is 2.23. The number of carbonyl (C=O) groups excluding carboxylic acids is 2. The number of methoxy groups -OCH3 is 1. The van der Waals surface area contributed by atoms with E-state index in [1.807, 2.05) is 0 Å². The summed E-state index contributed by atoms with van der Waals surface area (Å²) in [5, 5.41) is 0. The lowest BCUT2D eigenvalue weighted by Gasteiger charge is -2.24. The van der Waals surface area contributed by atoms with E-state index in [1.54, 1.807) is 36.1 Å². The Balaban J connectivity index is 2.08. The summed E-state index contributed by atoms with van der Waals surface area (Å²) < 4.78 is 22.8. The summed E-state index contributed by atoms with van der Waals surface area (Å²) in [6.45, 7) is 2.30. The van der Waals surface area contributed by atoms with Gasteiger partial charge in [-0.2, -0.15) is 0 Å². The van der Waals surface area contributed by atoms with Gasteiger partial charge in [0.25, 0.3) is 5.91 Å². The zero-order chi connectivity index (χ0) is 17.5. The van der Waals surface area contributed by atoms with E-state index in [0.29, 0.717) is 13.0 Å². The molecule has 6 heteroatoms. The maximum absolute atomic E-state index is 13.0. The Labute approximate surface area is 140 Å². The van der Waals surface area contributed by atoms with Crippen LogP contribution in [0.15, 0.2) is 47.1 Å². The average molecular weight is 333 g/mol. The van der Waals surface area contributed by atoms with Crippen LogP contribution >= 0.6 is 0 Å². The zero-order valence-corrected chi connectivity index (χ0v) is 13.7. The third kappa shape index (κ3) is 4.68. The lowest BCUT2D eigenvalue weighted by molar-refractivity contribution is -0.145. The van der Waals surface area contributed by atoms with E-state index < -0.39 is 5.92 Å². The standard InChI is InChI=1S/C18H20FNO4/c1-13(18(22)23-2)12-20(17(21)16-4-3-11-24-16)10-9-14-5-7-15(19)8-6-14/h3-8,11,13H,9-10,12H2,1-2H3. The minimum atomic E-state index is -0.456. The van der Waals surface area contributed by atoms with Gasteiger partial charge < -0.3 is 14.1 Å². The smallest absolute Gasteiger partial charge is 0.310 e. The summed E-state index contributed by atoms with van der Waals surface area (Å²) in [6, 6.07) is 9.32. The molecule has 1 atom stereocenters. The van der Waals surface area contributed by atoms with E-state index in [4.69, 9.17) is 9.15 Å². The molecule has 5 nitrogen and oxygen atoms in total. The van der Waals surface area contributed by atoms with Gasteiger partial charge in [-0.15, -0.1) is 0 Å². The molecule has 0 aliphatic carbocycles. The lowest BCUT2D eigenvalue weighted by Crippen LogP contribution is -2.38. The normalized spacial score (nSPS) is 11.8. The van der Waals surface area contributed by atoms with Crippen molar-refractivity contribution < 1.29 is 23.1 Å². The Morgan fingerprint density at radius 2 is 1.96 bits per heavy atom. The van der Waals surface area contributed by atoms with Crippen LogP contribution in [-0.2, 0) is 16.0 Å². The minimum absolute atomic E-state index is 0.214. The number of benzene rings is 1.